The lowest BCUT2D eigenvalue weighted by Crippen LogP contribution is -2.36. The van der Waals surface area contributed by atoms with Gasteiger partial charge in [0.15, 0.2) is 5.79 Å². The summed E-state index contributed by atoms with van der Waals surface area (Å²) in [5.41, 5.74) is 2.72. The van der Waals surface area contributed by atoms with E-state index in [0.29, 0.717) is 31.4 Å². The Morgan fingerprint density at radius 2 is 1.91 bits per heavy atom. The Bertz CT molecular complexity index is 862. The smallest absolute Gasteiger partial charge is 0.373 e. The monoisotopic (exact) mass is 448 g/mol. The number of aliphatic hydroxyl groups is 1. The summed E-state index contributed by atoms with van der Waals surface area (Å²) in [6, 6.07) is 0. The fourth-order valence-electron chi connectivity index (χ4n) is 4.97. The quantitative estimate of drug-likeness (QED) is 0.501. The molecule has 0 radical (unpaired) electrons. The van der Waals surface area contributed by atoms with Crippen LogP contribution in [0.25, 0.3) is 0 Å². The molecule has 1 N–H and O–H groups in total. The van der Waals surface area contributed by atoms with Gasteiger partial charge in [-0.25, -0.2) is 4.79 Å². The molecule has 32 heavy (non-hydrogen) atoms. The lowest BCUT2D eigenvalue weighted by molar-refractivity contribution is -0.200. The van der Waals surface area contributed by atoms with E-state index in [4.69, 9.17) is 18.9 Å². The number of cyclic esters (lactones) is 1. The molecule has 7 nitrogen and oxygen atoms in total. The summed E-state index contributed by atoms with van der Waals surface area (Å²) in [6.45, 7) is 11.3. The third-order valence-corrected chi connectivity index (χ3v) is 6.76. The molecule has 0 aromatic carbocycles. The van der Waals surface area contributed by atoms with Crippen molar-refractivity contribution in [2.75, 3.05) is 7.11 Å². The van der Waals surface area contributed by atoms with Crippen molar-refractivity contribution in [2.45, 2.75) is 85.2 Å². The van der Waals surface area contributed by atoms with Gasteiger partial charge in [0.05, 0.1) is 25.2 Å². The van der Waals surface area contributed by atoms with Crippen LogP contribution in [-0.2, 0) is 28.5 Å². The third-order valence-electron chi connectivity index (χ3n) is 6.76. The van der Waals surface area contributed by atoms with Gasteiger partial charge in [0.2, 0.25) is 5.76 Å². The third kappa shape index (κ3) is 4.64. The minimum atomic E-state index is -1.59. The highest BCUT2D eigenvalue weighted by Gasteiger charge is 2.62. The van der Waals surface area contributed by atoms with Crippen molar-refractivity contribution in [3.63, 3.8) is 0 Å². The van der Waals surface area contributed by atoms with Crippen LogP contribution in [0.15, 0.2) is 34.3 Å². The van der Waals surface area contributed by atoms with E-state index in [1.807, 2.05) is 40.7 Å². The van der Waals surface area contributed by atoms with Gasteiger partial charge in [-0.1, -0.05) is 19.9 Å². The van der Waals surface area contributed by atoms with Crippen molar-refractivity contribution in [3.8, 4) is 0 Å². The molecule has 0 aromatic heterocycles. The van der Waals surface area contributed by atoms with Crippen LogP contribution in [0, 0.1) is 17.8 Å². The Balaban J connectivity index is 2.04. The average molecular weight is 449 g/mol. The van der Waals surface area contributed by atoms with Gasteiger partial charge in [0.1, 0.15) is 11.7 Å². The van der Waals surface area contributed by atoms with Gasteiger partial charge in [-0.15, -0.1) is 0 Å². The fourth-order valence-corrected chi connectivity index (χ4v) is 4.97. The maximum atomic E-state index is 12.8. The van der Waals surface area contributed by atoms with Gasteiger partial charge >= 0.3 is 11.9 Å². The molecule has 178 valence electrons. The van der Waals surface area contributed by atoms with Crippen LogP contribution in [0.3, 0.4) is 0 Å². The number of carbonyl (C=O) groups is 2. The summed E-state index contributed by atoms with van der Waals surface area (Å²) in [4.78, 5) is 25.4. The Morgan fingerprint density at radius 3 is 2.53 bits per heavy atom. The molecule has 3 heterocycles. The van der Waals surface area contributed by atoms with Crippen molar-refractivity contribution >= 4 is 11.9 Å². The van der Waals surface area contributed by atoms with Gasteiger partial charge in [0.25, 0.3) is 0 Å². The van der Waals surface area contributed by atoms with Gasteiger partial charge in [-0.05, 0) is 76.0 Å². The molecule has 2 saturated heterocycles. The first kappa shape index (κ1) is 24.5. The van der Waals surface area contributed by atoms with Crippen LogP contribution >= 0.6 is 0 Å². The summed E-state index contributed by atoms with van der Waals surface area (Å²) < 4.78 is 22.8. The van der Waals surface area contributed by atoms with Crippen molar-refractivity contribution in [1.29, 1.82) is 0 Å². The van der Waals surface area contributed by atoms with E-state index < -0.39 is 29.7 Å². The summed E-state index contributed by atoms with van der Waals surface area (Å²) in [5, 5.41) is 10.8. The SMILES string of the molecule is COC1=C(C(C)C)CCC=C(C)C2OC(C)(O)C3C(=O)OC(=C(C)CCC(C)OC1=O)C23. The van der Waals surface area contributed by atoms with Gasteiger partial charge < -0.3 is 24.1 Å². The maximum Gasteiger partial charge on any atom is 0.373 e. The fraction of sp³-hybridized carbons (Fsp3) is 0.680. The molecule has 0 spiro atoms. The van der Waals surface area contributed by atoms with Crippen LogP contribution in [-0.4, -0.2) is 42.1 Å². The molecule has 5 atom stereocenters. The molecule has 0 aliphatic carbocycles. The van der Waals surface area contributed by atoms with Crippen molar-refractivity contribution in [3.05, 3.63) is 34.3 Å². The van der Waals surface area contributed by atoms with Gasteiger partial charge in [-0.2, -0.15) is 0 Å². The van der Waals surface area contributed by atoms with Crippen LogP contribution in [0.4, 0.5) is 0 Å². The number of rotatable bonds is 2. The molecular weight excluding hydrogens is 412 g/mol. The zero-order chi connectivity index (χ0) is 23.8. The molecule has 3 aliphatic rings. The summed E-state index contributed by atoms with van der Waals surface area (Å²) >= 11 is 0. The molecule has 3 rings (SSSR count). The van der Waals surface area contributed by atoms with Crippen LogP contribution in [0.1, 0.15) is 67.2 Å². The van der Waals surface area contributed by atoms with E-state index >= 15 is 0 Å². The van der Waals surface area contributed by atoms with Gasteiger partial charge in [-0.3, -0.25) is 4.79 Å². The molecule has 5 unspecified atom stereocenters. The van der Waals surface area contributed by atoms with Crippen molar-refractivity contribution in [2.24, 2.45) is 17.8 Å². The van der Waals surface area contributed by atoms with Crippen molar-refractivity contribution in [1.82, 2.24) is 0 Å². The summed E-state index contributed by atoms with van der Waals surface area (Å²) in [7, 11) is 1.50. The second-order valence-corrected chi connectivity index (χ2v) is 9.62. The second kappa shape index (κ2) is 9.40. The molecule has 3 aliphatic heterocycles. The van der Waals surface area contributed by atoms with E-state index in [-0.39, 0.29) is 23.7 Å². The zero-order valence-electron chi connectivity index (χ0n) is 20.2. The Morgan fingerprint density at radius 1 is 1.22 bits per heavy atom. The average Bonchev–Trinajstić information content (AvgIpc) is 3.20. The number of carbonyl (C=O) groups excluding carboxylic acids is 2. The molecule has 2 fully saturated rings. The predicted molar refractivity (Wildman–Crippen MR) is 118 cm³/mol. The lowest BCUT2D eigenvalue weighted by Gasteiger charge is -2.23. The number of ether oxygens (including phenoxy) is 4. The highest BCUT2D eigenvalue weighted by molar-refractivity contribution is 5.87. The Labute approximate surface area is 190 Å². The molecule has 0 bridgehead atoms. The summed E-state index contributed by atoms with van der Waals surface area (Å²) in [5.74, 6) is -2.68. The maximum absolute atomic E-state index is 12.8. The predicted octanol–water partition coefficient (Wildman–Crippen LogP) is 4.17. The van der Waals surface area contributed by atoms with Gasteiger partial charge in [0, 0.05) is 0 Å². The van der Waals surface area contributed by atoms with Crippen LogP contribution in [0.5, 0.6) is 0 Å². The summed E-state index contributed by atoms with van der Waals surface area (Å²) in [6.07, 6.45) is 3.68. The molecule has 0 amide bonds. The van der Waals surface area contributed by atoms with Crippen molar-refractivity contribution < 1.29 is 33.6 Å². The minimum Gasteiger partial charge on any atom is -0.490 e. The van der Waals surface area contributed by atoms with Crippen LogP contribution in [0.2, 0.25) is 0 Å². The van der Waals surface area contributed by atoms with E-state index in [2.05, 4.69) is 0 Å². The largest absolute Gasteiger partial charge is 0.490 e. The molecule has 0 saturated carbocycles. The second-order valence-electron chi connectivity index (χ2n) is 9.62. The Kier molecular flexibility index (Phi) is 7.20. The highest BCUT2D eigenvalue weighted by atomic mass is 16.7. The van der Waals surface area contributed by atoms with Crippen LogP contribution < -0.4 is 0 Å². The number of hydrogen-bond acceptors (Lipinski definition) is 7. The molecular formula is C25H36O7. The normalized spacial score (nSPS) is 34.6. The number of esters is 2. The lowest BCUT2D eigenvalue weighted by atomic mass is 9.82. The van der Waals surface area contributed by atoms with E-state index in [1.165, 1.54) is 14.0 Å². The Hall–Kier alpha value is -2.12. The number of hydrogen-bond donors (Lipinski definition) is 1. The van der Waals surface area contributed by atoms with E-state index in [1.54, 1.807) is 0 Å². The standard InChI is InChI=1S/C25H36O7/c1-13(2)17-10-8-9-14(3)21-18-19(25(6,28)32-21)23(26)31-20(18)15(4)11-12-16(5)30-24(27)22(17)29-7/h9,13,16,18-19,21,28H,8,10-12H2,1-7H3. The minimum absolute atomic E-state index is 0.112. The number of allylic oxidation sites excluding steroid dienone is 3. The zero-order valence-corrected chi connectivity index (χ0v) is 20.2. The van der Waals surface area contributed by atoms with E-state index in [0.717, 1.165) is 16.7 Å². The first-order chi connectivity index (χ1) is 15.0. The first-order valence-electron chi connectivity index (χ1n) is 11.4. The van der Waals surface area contributed by atoms with E-state index in [9.17, 15) is 14.7 Å². The number of methoxy groups -OCH3 is 1. The molecule has 7 heteroatoms. The first-order valence-corrected chi connectivity index (χ1v) is 11.4. The topological polar surface area (TPSA) is 91.3 Å². The highest BCUT2D eigenvalue weighted by Crippen LogP contribution is 2.51. The molecule has 0 aromatic rings.